The van der Waals surface area contributed by atoms with Gasteiger partial charge in [-0.25, -0.2) is 8.78 Å². The summed E-state index contributed by atoms with van der Waals surface area (Å²) in [5, 5.41) is 0. The van der Waals surface area contributed by atoms with Crippen molar-refractivity contribution in [3.63, 3.8) is 0 Å². The number of benzene rings is 1. The first-order valence-electron chi connectivity index (χ1n) is 6.07. The third-order valence-corrected chi connectivity index (χ3v) is 4.25. The van der Waals surface area contributed by atoms with Crippen molar-refractivity contribution in [2.45, 2.75) is 32.7 Å². The lowest BCUT2D eigenvalue weighted by molar-refractivity contribution is 0.133. The lowest BCUT2D eigenvalue weighted by atomic mass is 9.70. The minimum absolute atomic E-state index is 0.159. The van der Waals surface area contributed by atoms with Gasteiger partial charge in [-0.1, -0.05) is 13.3 Å². The molecule has 1 N–H and O–H groups in total. The smallest absolute Gasteiger partial charge is 0.184 e. The van der Waals surface area contributed by atoms with Gasteiger partial charge in [-0.2, -0.15) is 0 Å². The Hall–Kier alpha value is -1.23. The summed E-state index contributed by atoms with van der Waals surface area (Å²) >= 11 is 5.21. The number of imidazole rings is 1. The first-order chi connectivity index (χ1) is 8.50. The number of fused-ring (bicyclic) bond motifs is 1. The second-order valence-corrected chi connectivity index (χ2v) is 5.82. The summed E-state index contributed by atoms with van der Waals surface area (Å²) in [6.45, 7) is 2.81. The highest BCUT2D eigenvalue weighted by Gasteiger charge is 2.33. The van der Waals surface area contributed by atoms with Crippen LogP contribution in [-0.4, -0.2) is 9.55 Å². The summed E-state index contributed by atoms with van der Waals surface area (Å²) in [6.07, 6.45) is 3.42. The topological polar surface area (TPSA) is 20.7 Å². The Morgan fingerprint density at radius 3 is 2.72 bits per heavy atom. The second kappa shape index (κ2) is 3.88. The number of H-pyrrole nitrogens is 1. The molecule has 18 heavy (non-hydrogen) atoms. The van der Waals surface area contributed by atoms with Crippen LogP contribution >= 0.6 is 12.2 Å². The first kappa shape index (κ1) is 11.8. The van der Waals surface area contributed by atoms with E-state index in [4.69, 9.17) is 12.2 Å². The number of rotatable bonds is 2. The zero-order chi connectivity index (χ0) is 12.9. The number of halogens is 2. The Morgan fingerprint density at radius 1 is 1.39 bits per heavy atom. The molecule has 2 nitrogen and oxygen atoms in total. The van der Waals surface area contributed by atoms with E-state index in [1.54, 1.807) is 4.57 Å². The van der Waals surface area contributed by atoms with Gasteiger partial charge in [0, 0.05) is 6.54 Å². The highest BCUT2D eigenvalue weighted by Crippen LogP contribution is 2.42. The standard InChI is InChI=1S/C13H14F2N2S/c1-13(5-2-6-13)7-17-11-9(16-12(17)18)4-3-8(14)10(11)15/h3-4H,2,5-7H2,1H3,(H,16,18). The normalized spacial score (nSPS) is 17.9. The zero-order valence-corrected chi connectivity index (χ0v) is 10.9. The van der Waals surface area contributed by atoms with Gasteiger partial charge in [-0.15, -0.1) is 0 Å². The molecule has 1 aromatic carbocycles. The molecular formula is C13H14F2N2S. The average molecular weight is 268 g/mol. The van der Waals surface area contributed by atoms with Crippen LogP contribution < -0.4 is 0 Å². The molecule has 3 rings (SSSR count). The number of aromatic nitrogens is 2. The highest BCUT2D eigenvalue weighted by atomic mass is 32.1. The summed E-state index contributed by atoms with van der Waals surface area (Å²) in [4.78, 5) is 2.94. The van der Waals surface area contributed by atoms with Gasteiger partial charge < -0.3 is 9.55 Å². The van der Waals surface area contributed by atoms with E-state index in [2.05, 4.69) is 11.9 Å². The molecule has 2 aromatic rings. The van der Waals surface area contributed by atoms with E-state index >= 15 is 0 Å². The van der Waals surface area contributed by atoms with E-state index in [0.29, 0.717) is 16.8 Å². The van der Waals surface area contributed by atoms with Crippen LogP contribution in [0, 0.1) is 21.8 Å². The summed E-state index contributed by atoms with van der Waals surface area (Å²) < 4.78 is 29.4. The van der Waals surface area contributed by atoms with Crippen LogP contribution in [0.15, 0.2) is 12.1 Å². The predicted octanol–water partition coefficient (Wildman–Crippen LogP) is 4.17. The fourth-order valence-corrected chi connectivity index (χ4v) is 2.93. The summed E-state index contributed by atoms with van der Waals surface area (Å²) in [7, 11) is 0. The van der Waals surface area contributed by atoms with Crippen LogP contribution in [0.3, 0.4) is 0 Å². The Bertz CT molecular complexity index is 667. The molecule has 1 fully saturated rings. The molecule has 0 saturated heterocycles. The van der Waals surface area contributed by atoms with Crippen molar-refractivity contribution in [2.24, 2.45) is 5.41 Å². The van der Waals surface area contributed by atoms with E-state index in [9.17, 15) is 8.78 Å². The SMILES string of the molecule is CC1(Cn2c(=S)[nH]c3ccc(F)c(F)c32)CCC1. The van der Waals surface area contributed by atoms with Crippen LogP contribution in [0.5, 0.6) is 0 Å². The molecule has 0 aliphatic heterocycles. The lowest BCUT2D eigenvalue weighted by Crippen LogP contribution is -2.30. The predicted molar refractivity (Wildman–Crippen MR) is 69.0 cm³/mol. The van der Waals surface area contributed by atoms with E-state index in [-0.39, 0.29) is 10.9 Å². The second-order valence-electron chi connectivity index (χ2n) is 5.44. The van der Waals surface area contributed by atoms with Gasteiger partial charge in [0.2, 0.25) is 0 Å². The molecule has 0 radical (unpaired) electrons. The van der Waals surface area contributed by atoms with Crippen LogP contribution in [0.4, 0.5) is 8.78 Å². The van der Waals surface area contributed by atoms with Gasteiger partial charge in [-0.05, 0) is 42.6 Å². The fraction of sp³-hybridized carbons (Fsp3) is 0.462. The van der Waals surface area contributed by atoms with Crippen molar-refractivity contribution < 1.29 is 8.78 Å². The van der Waals surface area contributed by atoms with Gasteiger partial charge in [0.25, 0.3) is 0 Å². The number of aromatic amines is 1. The maximum absolute atomic E-state index is 13.9. The number of nitrogens with zero attached hydrogens (tertiary/aromatic N) is 1. The number of hydrogen-bond acceptors (Lipinski definition) is 1. The van der Waals surface area contributed by atoms with Crippen LogP contribution in [0.1, 0.15) is 26.2 Å². The Kier molecular flexibility index (Phi) is 2.55. The molecule has 0 unspecified atom stereocenters. The monoisotopic (exact) mass is 268 g/mol. The third kappa shape index (κ3) is 1.68. The van der Waals surface area contributed by atoms with Crippen LogP contribution in [-0.2, 0) is 6.54 Å². The van der Waals surface area contributed by atoms with Gasteiger partial charge in [-0.3, -0.25) is 0 Å². The Morgan fingerprint density at radius 2 is 2.11 bits per heavy atom. The summed E-state index contributed by atoms with van der Waals surface area (Å²) in [6, 6.07) is 2.65. The fourth-order valence-electron chi connectivity index (χ4n) is 2.66. The molecule has 5 heteroatoms. The van der Waals surface area contributed by atoms with E-state index in [1.807, 2.05) is 0 Å². The summed E-state index contributed by atoms with van der Waals surface area (Å²) in [5.41, 5.74) is 0.974. The van der Waals surface area contributed by atoms with Crippen LogP contribution in [0.2, 0.25) is 0 Å². The molecule has 0 bridgehead atoms. The highest BCUT2D eigenvalue weighted by molar-refractivity contribution is 7.71. The summed E-state index contributed by atoms with van der Waals surface area (Å²) in [5.74, 6) is -1.65. The minimum atomic E-state index is -0.830. The van der Waals surface area contributed by atoms with E-state index in [0.717, 1.165) is 18.9 Å². The van der Waals surface area contributed by atoms with Crippen molar-refractivity contribution in [2.75, 3.05) is 0 Å². The first-order valence-corrected chi connectivity index (χ1v) is 6.48. The largest absolute Gasteiger partial charge is 0.330 e. The van der Waals surface area contributed by atoms with E-state index < -0.39 is 11.6 Å². The van der Waals surface area contributed by atoms with Crippen molar-refractivity contribution in [1.29, 1.82) is 0 Å². The van der Waals surface area contributed by atoms with Crippen molar-refractivity contribution in [3.05, 3.63) is 28.5 Å². The van der Waals surface area contributed by atoms with Crippen molar-refractivity contribution in [3.8, 4) is 0 Å². The molecule has 96 valence electrons. The molecule has 1 aliphatic carbocycles. The van der Waals surface area contributed by atoms with Crippen LogP contribution in [0.25, 0.3) is 11.0 Å². The van der Waals surface area contributed by atoms with Crippen molar-refractivity contribution >= 4 is 23.3 Å². The van der Waals surface area contributed by atoms with Gasteiger partial charge >= 0.3 is 0 Å². The lowest BCUT2D eigenvalue weighted by Gasteiger charge is -2.38. The maximum Gasteiger partial charge on any atom is 0.184 e. The van der Waals surface area contributed by atoms with Gasteiger partial charge in [0.15, 0.2) is 16.4 Å². The molecular weight excluding hydrogens is 254 g/mol. The zero-order valence-electron chi connectivity index (χ0n) is 10.1. The molecule has 1 saturated carbocycles. The molecule has 0 amide bonds. The number of hydrogen-bond donors (Lipinski definition) is 1. The average Bonchev–Trinajstić information content (AvgIpc) is 2.59. The molecule has 1 heterocycles. The molecule has 0 atom stereocenters. The molecule has 1 aromatic heterocycles. The molecule has 0 spiro atoms. The van der Waals surface area contributed by atoms with Gasteiger partial charge in [0.05, 0.1) is 5.52 Å². The minimum Gasteiger partial charge on any atom is -0.330 e. The maximum atomic E-state index is 13.9. The van der Waals surface area contributed by atoms with Crippen molar-refractivity contribution in [1.82, 2.24) is 9.55 Å². The van der Waals surface area contributed by atoms with E-state index in [1.165, 1.54) is 12.5 Å². The Labute approximate surface area is 109 Å². The van der Waals surface area contributed by atoms with Gasteiger partial charge in [0.1, 0.15) is 5.52 Å². The quantitative estimate of drug-likeness (QED) is 0.811. The molecule has 1 aliphatic rings. The Balaban J connectivity index is 2.18. The number of nitrogens with one attached hydrogen (secondary N) is 1. The third-order valence-electron chi connectivity index (χ3n) is 3.93.